The van der Waals surface area contributed by atoms with Crippen LogP contribution in [0.15, 0.2) is 41.8 Å². The third kappa shape index (κ3) is 7.92. The van der Waals surface area contributed by atoms with Crippen LogP contribution >= 0.6 is 11.5 Å². The Kier molecular flexibility index (Phi) is 10.2. The van der Waals surface area contributed by atoms with Crippen molar-refractivity contribution < 1.29 is 51.0 Å². The van der Waals surface area contributed by atoms with Crippen LogP contribution < -0.4 is 26.2 Å². The normalized spacial score (nSPS) is 16.9. The van der Waals surface area contributed by atoms with Crippen LogP contribution in [-0.4, -0.2) is 91.5 Å². The summed E-state index contributed by atoms with van der Waals surface area (Å²) in [6.45, 7) is 3.46. The number of carbonyl (C=O) groups excluding carboxylic acids is 2. The van der Waals surface area contributed by atoms with E-state index >= 15 is 0 Å². The summed E-state index contributed by atoms with van der Waals surface area (Å²) >= 11 is 0.704. The second kappa shape index (κ2) is 13.7. The number of carboxylic acid groups (broad SMARTS) is 1. The Labute approximate surface area is 266 Å². The molecule has 21 heteroatoms. The van der Waals surface area contributed by atoms with Crippen LogP contribution in [0.2, 0.25) is 0 Å². The van der Waals surface area contributed by atoms with E-state index in [-0.39, 0.29) is 11.0 Å². The van der Waals surface area contributed by atoms with E-state index < -0.39 is 58.2 Å². The molecule has 0 spiro atoms. The van der Waals surface area contributed by atoms with Gasteiger partial charge < -0.3 is 36.0 Å². The van der Waals surface area contributed by atoms with Crippen molar-refractivity contribution in [3.8, 4) is 16.9 Å². The summed E-state index contributed by atoms with van der Waals surface area (Å²) in [5.41, 5.74) is 11.0. The Hall–Kier alpha value is -4.70. The summed E-state index contributed by atoms with van der Waals surface area (Å²) in [7, 11) is -3.36. The van der Waals surface area contributed by atoms with Crippen LogP contribution in [0.1, 0.15) is 26.1 Å². The van der Waals surface area contributed by atoms with Crippen LogP contribution in [-0.2, 0) is 47.5 Å². The molecule has 46 heavy (non-hydrogen) atoms. The SMILES string of the molecule is C[n+]1cc(-c2ccc(OC[C@H](O/N=C(\C(=O)N[C@@H]3C(=O)N(OS(=O)(=O)[O-])C3(C)C)c3nsc(N)n3)C(=O)O)cc2)cn1CCCN. The highest BCUT2D eigenvalue weighted by Gasteiger charge is 2.57. The number of nitrogens with one attached hydrogen (secondary N) is 1. The minimum Gasteiger partial charge on any atom is -0.724 e. The van der Waals surface area contributed by atoms with E-state index in [2.05, 4.69) is 24.1 Å². The van der Waals surface area contributed by atoms with Gasteiger partial charge in [-0.3, -0.25) is 9.59 Å². The molecule has 1 fully saturated rings. The van der Waals surface area contributed by atoms with E-state index in [9.17, 15) is 32.5 Å². The van der Waals surface area contributed by atoms with E-state index in [1.807, 2.05) is 28.8 Å². The van der Waals surface area contributed by atoms with Gasteiger partial charge in [0, 0.05) is 11.5 Å². The number of ether oxygens (including phenoxy) is 1. The Balaban J connectivity index is 1.44. The van der Waals surface area contributed by atoms with Gasteiger partial charge in [0.1, 0.15) is 18.4 Å². The Morgan fingerprint density at radius 3 is 2.54 bits per heavy atom. The molecule has 248 valence electrons. The van der Waals surface area contributed by atoms with Crippen molar-refractivity contribution in [3.05, 3.63) is 42.5 Å². The predicted octanol–water partition coefficient (Wildman–Crippen LogP) is -1.49. The summed E-state index contributed by atoms with van der Waals surface area (Å²) in [6, 6.07) is 5.53. The molecule has 4 rings (SSSR count). The minimum absolute atomic E-state index is 0.0572. The number of amides is 2. The van der Waals surface area contributed by atoms with E-state index in [1.165, 1.54) is 13.8 Å². The third-order valence-corrected chi connectivity index (χ3v) is 7.61. The molecule has 2 amide bonds. The topological polar surface area (TPSA) is 271 Å². The molecule has 2 atom stereocenters. The van der Waals surface area contributed by atoms with Crippen molar-refractivity contribution in [2.45, 2.75) is 44.5 Å². The molecular formula is C25H31N9O10S2. The molecule has 1 aliphatic rings. The Morgan fingerprint density at radius 2 is 1.98 bits per heavy atom. The number of carbonyl (C=O) groups is 3. The number of aryl methyl sites for hydroxylation is 2. The lowest BCUT2D eigenvalue weighted by atomic mass is 9.84. The zero-order valence-electron chi connectivity index (χ0n) is 24.7. The number of nitrogens with two attached hydrogens (primary N) is 2. The maximum atomic E-state index is 13.1. The lowest BCUT2D eigenvalue weighted by Gasteiger charge is -2.51. The first-order valence-electron chi connectivity index (χ1n) is 13.5. The van der Waals surface area contributed by atoms with Gasteiger partial charge >= 0.3 is 5.97 Å². The number of hydrogen-bond acceptors (Lipinski definition) is 15. The third-order valence-electron chi connectivity index (χ3n) is 6.73. The molecule has 3 aromatic rings. The average Bonchev–Trinajstić information content (AvgIpc) is 3.59. The molecule has 0 saturated carbocycles. The van der Waals surface area contributed by atoms with Gasteiger partial charge in [-0.1, -0.05) is 17.3 Å². The van der Waals surface area contributed by atoms with Crippen molar-refractivity contribution in [3.63, 3.8) is 0 Å². The number of aromatic nitrogens is 4. The highest BCUT2D eigenvalue weighted by atomic mass is 32.3. The number of hydrogen-bond donors (Lipinski definition) is 4. The number of nitrogens with zero attached hydrogens (tertiary/aromatic N) is 6. The van der Waals surface area contributed by atoms with Gasteiger partial charge in [0.15, 0.2) is 12.2 Å². The second-order valence-corrected chi connectivity index (χ2v) is 12.2. The van der Waals surface area contributed by atoms with Crippen LogP contribution in [0, 0.1) is 0 Å². The van der Waals surface area contributed by atoms with Crippen molar-refractivity contribution in [1.29, 1.82) is 0 Å². The first-order valence-corrected chi connectivity index (χ1v) is 15.6. The minimum atomic E-state index is -5.27. The molecule has 1 aliphatic heterocycles. The smallest absolute Gasteiger partial charge is 0.351 e. The number of hydroxylamine groups is 2. The van der Waals surface area contributed by atoms with E-state index in [0.29, 0.717) is 28.9 Å². The summed E-state index contributed by atoms with van der Waals surface area (Å²) in [5.74, 6) is -3.63. The van der Waals surface area contributed by atoms with Gasteiger partial charge in [0.2, 0.25) is 28.1 Å². The fraction of sp³-hybridized carbons (Fsp3) is 0.400. The molecule has 6 N–H and O–H groups in total. The monoisotopic (exact) mass is 681 g/mol. The van der Waals surface area contributed by atoms with Gasteiger partial charge in [0.25, 0.3) is 17.9 Å². The molecule has 2 aromatic heterocycles. The maximum Gasteiger partial charge on any atom is 0.351 e. The van der Waals surface area contributed by atoms with Gasteiger partial charge in [-0.2, -0.15) is 23.4 Å². The summed E-state index contributed by atoms with van der Waals surface area (Å²) in [4.78, 5) is 46.5. The molecule has 0 radical (unpaired) electrons. The molecule has 19 nitrogen and oxygen atoms in total. The zero-order chi connectivity index (χ0) is 33.8. The van der Waals surface area contributed by atoms with E-state index in [0.717, 1.165) is 24.1 Å². The molecular weight excluding hydrogens is 650 g/mol. The largest absolute Gasteiger partial charge is 0.724 e. The molecule has 0 aliphatic carbocycles. The van der Waals surface area contributed by atoms with Gasteiger partial charge in [-0.25, -0.2) is 13.2 Å². The number of carboxylic acids is 1. The highest BCUT2D eigenvalue weighted by Crippen LogP contribution is 2.33. The van der Waals surface area contributed by atoms with Crippen LogP contribution in [0.3, 0.4) is 0 Å². The fourth-order valence-corrected chi connectivity index (χ4v) is 5.18. The standard InChI is InChI=1S/C25H31N9O10S2/c1-25(2)19(22(36)34(25)44-46(39,40)41)28-21(35)18(20-29-24(27)45-31-20)30-43-17(23(37)38)13-42-16-7-5-14(6-8-16)15-11-32(3)33(12-15)10-4-9-26/h5-8,11-12,17,19H,4,9-10,13,26H2,1-3H3,(H4-,27,28,29,31,35,37,38,39,40,41)/b30-18-/t17-,19+/m0/s1. The quantitative estimate of drug-likeness (QED) is 0.0356. The zero-order valence-corrected chi connectivity index (χ0v) is 26.4. The lowest BCUT2D eigenvalue weighted by Crippen LogP contribution is -2.76. The summed E-state index contributed by atoms with van der Waals surface area (Å²) in [5, 5.41) is 15.9. The number of rotatable bonds is 15. The van der Waals surface area contributed by atoms with E-state index in [4.69, 9.17) is 21.0 Å². The van der Waals surface area contributed by atoms with Crippen molar-refractivity contribution in [2.75, 3.05) is 18.9 Å². The molecule has 1 saturated heterocycles. The van der Waals surface area contributed by atoms with Crippen LogP contribution in [0.25, 0.3) is 11.1 Å². The number of anilines is 1. The molecule has 3 heterocycles. The Bertz CT molecular complexity index is 1740. The number of aliphatic carboxylic acids is 1. The van der Waals surface area contributed by atoms with Gasteiger partial charge in [0.05, 0.1) is 23.8 Å². The van der Waals surface area contributed by atoms with E-state index in [1.54, 1.807) is 24.3 Å². The number of β-lactam (4-membered cyclic amide) rings is 1. The molecule has 0 unspecified atom stereocenters. The van der Waals surface area contributed by atoms with Crippen LogP contribution in [0.5, 0.6) is 5.75 Å². The molecule has 0 bridgehead atoms. The van der Waals surface area contributed by atoms with Gasteiger partial charge in [-0.05, 0) is 44.5 Å². The Morgan fingerprint density at radius 1 is 1.28 bits per heavy atom. The number of oxime groups is 1. The number of benzene rings is 1. The first kappa shape index (κ1) is 34.2. The second-order valence-electron chi connectivity index (χ2n) is 10.4. The highest BCUT2D eigenvalue weighted by molar-refractivity contribution is 7.80. The van der Waals surface area contributed by atoms with Crippen molar-refractivity contribution >= 4 is 50.6 Å². The van der Waals surface area contributed by atoms with Crippen molar-refractivity contribution in [1.82, 2.24) is 24.4 Å². The van der Waals surface area contributed by atoms with Gasteiger partial charge in [-0.15, -0.1) is 4.68 Å². The fourth-order valence-electron chi connectivity index (χ4n) is 4.30. The first-order chi connectivity index (χ1) is 21.6. The summed E-state index contributed by atoms with van der Waals surface area (Å²) < 4.78 is 50.5. The molecule has 1 aromatic carbocycles. The lowest BCUT2D eigenvalue weighted by molar-refractivity contribution is -0.753. The number of nitrogen functional groups attached to an aromatic ring is 1. The maximum absolute atomic E-state index is 13.1. The summed E-state index contributed by atoms with van der Waals surface area (Å²) in [6.07, 6.45) is 3.07. The average molecular weight is 682 g/mol. The predicted molar refractivity (Wildman–Crippen MR) is 157 cm³/mol. The van der Waals surface area contributed by atoms with Crippen molar-refractivity contribution in [2.24, 2.45) is 17.9 Å². The van der Waals surface area contributed by atoms with Crippen LogP contribution in [0.4, 0.5) is 5.13 Å².